The summed E-state index contributed by atoms with van der Waals surface area (Å²) in [4.78, 5) is 20.5. The van der Waals surface area contributed by atoms with E-state index in [-0.39, 0.29) is 5.91 Å². The first-order valence-corrected chi connectivity index (χ1v) is 10.8. The molecule has 1 aliphatic carbocycles. The number of carbonyl (C=O) groups excluding carboxylic acids is 1. The molecule has 1 fully saturated rings. The number of carbonyl (C=O) groups is 1. The second-order valence-corrected chi connectivity index (χ2v) is 8.46. The molecule has 1 saturated carbocycles. The first-order chi connectivity index (χ1) is 13.9. The summed E-state index contributed by atoms with van der Waals surface area (Å²) in [7, 11) is 9.73. The standard InChI is InChI=1S/C23H39N5O/c1-24-23(26-17-21(27(2)3)19-11-7-6-8-12-19)25-15-14-18-10-9-13-20(16-18)22(29)28(4)5/h9-10,13,16,19,21H,6-8,11-12,14-15,17H2,1-5H3,(H2,24,25,26). The quantitative estimate of drug-likeness (QED) is 0.519. The molecule has 0 aliphatic heterocycles. The molecule has 29 heavy (non-hydrogen) atoms. The van der Waals surface area contributed by atoms with Crippen LogP contribution in [0.5, 0.6) is 0 Å². The summed E-state index contributed by atoms with van der Waals surface area (Å²) in [5, 5.41) is 6.93. The van der Waals surface area contributed by atoms with Crippen molar-refractivity contribution < 1.29 is 4.79 Å². The maximum atomic E-state index is 12.1. The monoisotopic (exact) mass is 401 g/mol. The summed E-state index contributed by atoms with van der Waals surface area (Å²) in [6.45, 7) is 1.68. The van der Waals surface area contributed by atoms with Crippen LogP contribution in [-0.4, -0.2) is 76.0 Å². The Kier molecular flexibility index (Phi) is 9.45. The van der Waals surface area contributed by atoms with Gasteiger partial charge in [-0.15, -0.1) is 0 Å². The number of benzene rings is 1. The molecule has 0 aromatic heterocycles. The minimum absolute atomic E-state index is 0.0368. The van der Waals surface area contributed by atoms with Gasteiger partial charge < -0.3 is 20.4 Å². The van der Waals surface area contributed by atoms with E-state index in [0.29, 0.717) is 6.04 Å². The molecule has 162 valence electrons. The van der Waals surface area contributed by atoms with Crippen LogP contribution in [-0.2, 0) is 6.42 Å². The van der Waals surface area contributed by atoms with Gasteiger partial charge in [-0.2, -0.15) is 0 Å². The Morgan fingerprint density at radius 3 is 2.48 bits per heavy atom. The van der Waals surface area contributed by atoms with E-state index in [1.54, 1.807) is 19.0 Å². The Labute approximate surface area is 176 Å². The number of aliphatic imine (C=N–C) groups is 1. The number of hydrogen-bond acceptors (Lipinski definition) is 3. The van der Waals surface area contributed by atoms with Crippen molar-refractivity contribution in [3.8, 4) is 0 Å². The summed E-state index contributed by atoms with van der Waals surface area (Å²) in [5.41, 5.74) is 1.88. The molecule has 6 nitrogen and oxygen atoms in total. The van der Waals surface area contributed by atoms with E-state index in [0.717, 1.165) is 42.5 Å². The largest absolute Gasteiger partial charge is 0.356 e. The summed E-state index contributed by atoms with van der Waals surface area (Å²) in [6, 6.07) is 8.39. The van der Waals surface area contributed by atoms with Crippen molar-refractivity contribution in [3.05, 3.63) is 35.4 Å². The molecule has 1 aromatic carbocycles. The van der Waals surface area contributed by atoms with Crippen LogP contribution in [0.25, 0.3) is 0 Å². The van der Waals surface area contributed by atoms with E-state index >= 15 is 0 Å². The average molecular weight is 402 g/mol. The molecule has 1 atom stereocenters. The topological polar surface area (TPSA) is 60.0 Å². The number of guanidine groups is 1. The Bertz CT molecular complexity index is 665. The van der Waals surface area contributed by atoms with Gasteiger partial charge in [0, 0.05) is 45.8 Å². The highest BCUT2D eigenvalue weighted by Crippen LogP contribution is 2.28. The fourth-order valence-electron chi connectivity index (χ4n) is 4.15. The normalized spacial score (nSPS) is 16.6. The molecule has 0 bridgehead atoms. The lowest BCUT2D eigenvalue weighted by Crippen LogP contribution is -2.48. The minimum atomic E-state index is 0.0368. The van der Waals surface area contributed by atoms with Crippen molar-refractivity contribution in [1.29, 1.82) is 0 Å². The minimum Gasteiger partial charge on any atom is -0.356 e. The van der Waals surface area contributed by atoms with Gasteiger partial charge in [-0.25, -0.2) is 0 Å². The summed E-state index contributed by atoms with van der Waals surface area (Å²) in [5.74, 6) is 1.64. The van der Waals surface area contributed by atoms with Crippen molar-refractivity contribution in [2.45, 2.75) is 44.6 Å². The van der Waals surface area contributed by atoms with Crippen molar-refractivity contribution in [2.75, 3.05) is 48.3 Å². The van der Waals surface area contributed by atoms with Crippen LogP contribution < -0.4 is 10.6 Å². The average Bonchev–Trinajstić information content (AvgIpc) is 2.72. The Balaban J connectivity index is 1.83. The number of amides is 1. The Morgan fingerprint density at radius 1 is 1.14 bits per heavy atom. The van der Waals surface area contributed by atoms with E-state index in [1.807, 2.05) is 25.2 Å². The molecule has 0 spiro atoms. The number of nitrogens with zero attached hydrogens (tertiary/aromatic N) is 3. The van der Waals surface area contributed by atoms with Gasteiger partial charge in [0.05, 0.1) is 0 Å². The molecule has 1 aromatic rings. The van der Waals surface area contributed by atoms with Gasteiger partial charge in [0.25, 0.3) is 5.91 Å². The van der Waals surface area contributed by atoms with Crippen LogP contribution in [0.3, 0.4) is 0 Å². The lowest BCUT2D eigenvalue weighted by Gasteiger charge is -2.35. The van der Waals surface area contributed by atoms with Crippen LogP contribution in [0.2, 0.25) is 0 Å². The summed E-state index contributed by atoms with van der Waals surface area (Å²) in [6.07, 6.45) is 7.61. The van der Waals surface area contributed by atoms with Crippen molar-refractivity contribution in [3.63, 3.8) is 0 Å². The van der Waals surface area contributed by atoms with Gasteiger partial charge in [0.2, 0.25) is 0 Å². The fourth-order valence-corrected chi connectivity index (χ4v) is 4.15. The second kappa shape index (κ2) is 11.8. The maximum absolute atomic E-state index is 12.1. The highest BCUT2D eigenvalue weighted by Gasteiger charge is 2.25. The van der Waals surface area contributed by atoms with E-state index in [2.05, 4.69) is 40.7 Å². The molecular formula is C23H39N5O. The first kappa shape index (κ1) is 23.2. The zero-order valence-electron chi connectivity index (χ0n) is 18.9. The van der Waals surface area contributed by atoms with Crippen molar-refractivity contribution in [2.24, 2.45) is 10.9 Å². The zero-order valence-corrected chi connectivity index (χ0v) is 18.9. The molecule has 2 rings (SSSR count). The van der Waals surface area contributed by atoms with Crippen molar-refractivity contribution >= 4 is 11.9 Å². The molecule has 2 N–H and O–H groups in total. The highest BCUT2D eigenvalue weighted by molar-refractivity contribution is 5.94. The summed E-state index contributed by atoms with van der Waals surface area (Å²) < 4.78 is 0. The molecule has 0 radical (unpaired) electrons. The molecule has 0 saturated heterocycles. The van der Waals surface area contributed by atoms with E-state index in [4.69, 9.17) is 0 Å². The number of likely N-dealkylation sites (N-methyl/N-ethyl adjacent to an activating group) is 1. The molecule has 1 unspecified atom stereocenters. The third-order valence-corrected chi connectivity index (χ3v) is 5.85. The number of rotatable bonds is 8. The van der Waals surface area contributed by atoms with Gasteiger partial charge >= 0.3 is 0 Å². The third kappa shape index (κ3) is 7.35. The van der Waals surface area contributed by atoms with Crippen LogP contribution >= 0.6 is 0 Å². The second-order valence-electron chi connectivity index (χ2n) is 8.46. The SMILES string of the molecule is CN=C(NCCc1cccc(C(=O)N(C)C)c1)NCC(C1CCCCC1)N(C)C. The lowest BCUT2D eigenvalue weighted by molar-refractivity contribution is 0.0827. The van der Waals surface area contributed by atoms with Gasteiger partial charge in [-0.3, -0.25) is 9.79 Å². The Hall–Kier alpha value is -2.08. The molecule has 6 heteroatoms. The Morgan fingerprint density at radius 2 is 1.86 bits per heavy atom. The van der Waals surface area contributed by atoms with E-state index < -0.39 is 0 Å². The van der Waals surface area contributed by atoms with Gasteiger partial charge in [0.1, 0.15) is 0 Å². The van der Waals surface area contributed by atoms with Crippen LogP contribution in [0.15, 0.2) is 29.3 Å². The van der Waals surface area contributed by atoms with Crippen LogP contribution in [0.4, 0.5) is 0 Å². The maximum Gasteiger partial charge on any atom is 0.253 e. The van der Waals surface area contributed by atoms with Crippen LogP contribution in [0.1, 0.15) is 48.0 Å². The molecular weight excluding hydrogens is 362 g/mol. The van der Waals surface area contributed by atoms with E-state index in [9.17, 15) is 4.79 Å². The van der Waals surface area contributed by atoms with Crippen molar-refractivity contribution in [1.82, 2.24) is 20.4 Å². The predicted octanol–water partition coefficient (Wildman–Crippen LogP) is 2.61. The smallest absolute Gasteiger partial charge is 0.253 e. The molecule has 1 aliphatic rings. The van der Waals surface area contributed by atoms with E-state index in [1.165, 1.54) is 32.1 Å². The molecule has 1 amide bonds. The highest BCUT2D eigenvalue weighted by atomic mass is 16.2. The first-order valence-electron chi connectivity index (χ1n) is 10.8. The summed E-state index contributed by atoms with van der Waals surface area (Å²) >= 11 is 0. The molecule has 0 heterocycles. The third-order valence-electron chi connectivity index (χ3n) is 5.85. The zero-order chi connectivity index (χ0) is 21.2. The van der Waals surface area contributed by atoms with Crippen LogP contribution in [0, 0.1) is 5.92 Å². The lowest BCUT2D eigenvalue weighted by atomic mass is 9.83. The predicted molar refractivity (Wildman–Crippen MR) is 122 cm³/mol. The number of hydrogen-bond donors (Lipinski definition) is 2. The van der Waals surface area contributed by atoms with Gasteiger partial charge in [-0.1, -0.05) is 31.4 Å². The fraction of sp³-hybridized carbons (Fsp3) is 0.652. The number of nitrogens with one attached hydrogen (secondary N) is 2. The van der Waals surface area contributed by atoms with Gasteiger partial charge in [0.15, 0.2) is 5.96 Å². The van der Waals surface area contributed by atoms with Gasteiger partial charge in [-0.05, 0) is 57.0 Å².